The maximum atomic E-state index is 3.74. The van der Waals surface area contributed by atoms with Crippen LogP contribution in [0.1, 0.15) is 25.7 Å². The van der Waals surface area contributed by atoms with Crippen LogP contribution in [0.2, 0.25) is 0 Å². The van der Waals surface area contributed by atoms with Crippen LogP contribution in [0.3, 0.4) is 0 Å². The molecule has 3 atom stereocenters. The summed E-state index contributed by atoms with van der Waals surface area (Å²) in [6.45, 7) is 8.08. The van der Waals surface area contributed by atoms with Gasteiger partial charge >= 0.3 is 0 Å². The molecule has 15 heavy (non-hydrogen) atoms. The van der Waals surface area contributed by atoms with Crippen LogP contribution in [0, 0.1) is 5.41 Å². The lowest BCUT2D eigenvalue weighted by Gasteiger charge is -2.37. The van der Waals surface area contributed by atoms with E-state index in [0.29, 0.717) is 5.41 Å². The van der Waals surface area contributed by atoms with Crippen molar-refractivity contribution >= 4 is 15.9 Å². The summed E-state index contributed by atoms with van der Waals surface area (Å²) in [4.78, 5) is 6.12. The van der Waals surface area contributed by atoms with Gasteiger partial charge in [0.05, 0.1) is 0 Å². The second-order valence-electron chi connectivity index (χ2n) is 5.75. The molecule has 3 heteroatoms. The molecule has 0 radical (unpaired) electrons. The minimum atomic E-state index is 0.676. The van der Waals surface area contributed by atoms with Crippen LogP contribution in [-0.4, -0.2) is 53.9 Å². The summed E-state index contributed by atoms with van der Waals surface area (Å²) < 4.78 is 0. The van der Waals surface area contributed by atoms with Crippen molar-refractivity contribution in [1.29, 1.82) is 0 Å². The standard InChI is InChI=1S/C12H21BrN2/c13-11-2-6-15(8-11)10-12-3-1-5-14(9-12)7-4-12/h11H,1-10H2. The lowest BCUT2D eigenvalue weighted by molar-refractivity contribution is 0.127. The van der Waals surface area contributed by atoms with E-state index in [1.54, 1.807) is 0 Å². The summed E-state index contributed by atoms with van der Waals surface area (Å²) in [5, 5.41) is 0. The van der Waals surface area contributed by atoms with Crippen molar-refractivity contribution in [2.24, 2.45) is 5.41 Å². The minimum Gasteiger partial charge on any atom is -0.303 e. The highest BCUT2D eigenvalue weighted by atomic mass is 79.9. The molecule has 0 aromatic heterocycles. The van der Waals surface area contributed by atoms with Crippen LogP contribution < -0.4 is 0 Å². The molecule has 86 valence electrons. The first kappa shape index (κ1) is 10.5. The second-order valence-corrected chi connectivity index (χ2v) is 7.05. The van der Waals surface area contributed by atoms with Crippen LogP contribution in [0.4, 0.5) is 0 Å². The Bertz CT molecular complexity index is 242. The van der Waals surface area contributed by atoms with Crippen molar-refractivity contribution in [3.05, 3.63) is 0 Å². The van der Waals surface area contributed by atoms with Gasteiger partial charge in [-0.2, -0.15) is 0 Å². The van der Waals surface area contributed by atoms with Gasteiger partial charge in [0, 0.05) is 24.5 Å². The van der Waals surface area contributed by atoms with E-state index in [4.69, 9.17) is 0 Å². The Morgan fingerprint density at radius 2 is 2.13 bits per heavy atom. The number of nitrogens with zero attached hydrogens (tertiary/aromatic N) is 2. The zero-order valence-corrected chi connectivity index (χ0v) is 11.0. The number of hydrogen-bond acceptors (Lipinski definition) is 2. The fraction of sp³-hybridized carbons (Fsp3) is 1.00. The molecule has 3 unspecified atom stereocenters. The van der Waals surface area contributed by atoms with Gasteiger partial charge in [0.15, 0.2) is 0 Å². The number of alkyl halides is 1. The van der Waals surface area contributed by atoms with Crippen molar-refractivity contribution in [3.63, 3.8) is 0 Å². The van der Waals surface area contributed by atoms with Crippen LogP contribution in [-0.2, 0) is 0 Å². The molecule has 0 saturated carbocycles. The Kier molecular flexibility index (Phi) is 2.82. The van der Waals surface area contributed by atoms with E-state index >= 15 is 0 Å². The Morgan fingerprint density at radius 1 is 1.20 bits per heavy atom. The molecule has 3 saturated heterocycles. The van der Waals surface area contributed by atoms with Crippen molar-refractivity contribution in [2.75, 3.05) is 39.3 Å². The molecular formula is C12H21BrN2. The van der Waals surface area contributed by atoms with Gasteiger partial charge in [0.2, 0.25) is 0 Å². The van der Waals surface area contributed by atoms with Crippen LogP contribution in [0.25, 0.3) is 0 Å². The summed E-state index contributed by atoms with van der Waals surface area (Å²) in [6, 6.07) is 0. The van der Waals surface area contributed by atoms with E-state index in [1.165, 1.54) is 65.0 Å². The first-order valence-corrected chi connectivity index (χ1v) is 7.26. The molecule has 3 heterocycles. The van der Waals surface area contributed by atoms with Gasteiger partial charge in [-0.25, -0.2) is 0 Å². The van der Waals surface area contributed by atoms with Gasteiger partial charge in [0.1, 0.15) is 0 Å². The molecule has 0 N–H and O–H groups in total. The fourth-order valence-corrected chi connectivity index (χ4v) is 4.33. The van der Waals surface area contributed by atoms with Gasteiger partial charge in [-0.3, -0.25) is 0 Å². The molecule has 3 aliphatic rings. The van der Waals surface area contributed by atoms with E-state index in [-0.39, 0.29) is 0 Å². The number of piperidine rings is 1. The monoisotopic (exact) mass is 272 g/mol. The Labute approximate surface area is 101 Å². The SMILES string of the molecule is BrC1CCN(CC23CCCN(CC2)C3)C1. The molecule has 3 fully saturated rings. The van der Waals surface area contributed by atoms with Crippen LogP contribution >= 0.6 is 15.9 Å². The molecule has 0 amide bonds. The lowest BCUT2D eigenvalue weighted by Crippen LogP contribution is -2.42. The Hall–Kier alpha value is 0.400. The van der Waals surface area contributed by atoms with Crippen molar-refractivity contribution in [3.8, 4) is 0 Å². The van der Waals surface area contributed by atoms with E-state index < -0.39 is 0 Å². The Balaban J connectivity index is 1.62. The first-order valence-electron chi connectivity index (χ1n) is 6.35. The number of fused-ring (bicyclic) bond motifs is 2. The molecule has 2 bridgehead atoms. The zero-order chi connectivity index (χ0) is 10.3. The number of hydrogen-bond donors (Lipinski definition) is 0. The molecule has 0 aromatic rings. The summed E-state index contributed by atoms with van der Waals surface area (Å²) in [7, 11) is 0. The maximum Gasteiger partial charge on any atom is 0.0285 e. The van der Waals surface area contributed by atoms with Crippen molar-refractivity contribution in [1.82, 2.24) is 9.80 Å². The highest BCUT2D eigenvalue weighted by Crippen LogP contribution is 2.40. The summed E-state index contributed by atoms with van der Waals surface area (Å²) >= 11 is 3.74. The summed E-state index contributed by atoms with van der Waals surface area (Å²) in [6.07, 6.45) is 5.72. The largest absolute Gasteiger partial charge is 0.303 e. The molecule has 2 nitrogen and oxygen atoms in total. The number of likely N-dealkylation sites (tertiary alicyclic amines) is 1. The van der Waals surface area contributed by atoms with E-state index in [0.717, 1.165) is 4.83 Å². The van der Waals surface area contributed by atoms with Crippen molar-refractivity contribution < 1.29 is 0 Å². The average molecular weight is 273 g/mol. The molecular weight excluding hydrogens is 252 g/mol. The van der Waals surface area contributed by atoms with Gasteiger partial charge in [-0.1, -0.05) is 15.9 Å². The quantitative estimate of drug-likeness (QED) is 0.709. The van der Waals surface area contributed by atoms with Crippen LogP contribution in [0.5, 0.6) is 0 Å². The maximum absolute atomic E-state index is 3.74. The van der Waals surface area contributed by atoms with Gasteiger partial charge in [-0.15, -0.1) is 0 Å². The molecule has 0 aromatic carbocycles. The third-order valence-electron chi connectivity index (χ3n) is 4.47. The predicted octanol–water partition coefficient (Wildman–Crippen LogP) is 1.94. The van der Waals surface area contributed by atoms with E-state index in [9.17, 15) is 0 Å². The summed E-state index contributed by atoms with van der Waals surface area (Å²) in [5.74, 6) is 0. The lowest BCUT2D eigenvalue weighted by atomic mass is 9.80. The van der Waals surface area contributed by atoms with Gasteiger partial charge in [-0.05, 0) is 50.7 Å². The molecule has 0 aliphatic carbocycles. The normalized spacial score (nSPS) is 46.2. The third-order valence-corrected chi connectivity index (χ3v) is 5.22. The smallest absolute Gasteiger partial charge is 0.0285 e. The molecule has 3 aliphatic heterocycles. The highest BCUT2D eigenvalue weighted by molar-refractivity contribution is 9.09. The molecule has 0 spiro atoms. The predicted molar refractivity (Wildman–Crippen MR) is 66.5 cm³/mol. The number of halogens is 1. The van der Waals surface area contributed by atoms with Gasteiger partial charge in [0.25, 0.3) is 0 Å². The van der Waals surface area contributed by atoms with E-state index in [1.807, 2.05) is 0 Å². The highest BCUT2D eigenvalue weighted by Gasteiger charge is 2.42. The second kappa shape index (κ2) is 4.01. The average Bonchev–Trinajstić information content (AvgIpc) is 2.73. The Morgan fingerprint density at radius 3 is 2.93 bits per heavy atom. The summed E-state index contributed by atoms with van der Waals surface area (Å²) in [5.41, 5.74) is 0.676. The third kappa shape index (κ3) is 2.11. The topological polar surface area (TPSA) is 6.48 Å². The number of rotatable bonds is 2. The van der Waals surface area contributed by atoms with Crippen LogP contribution in [0.15, 0.2) is 0 Å². The van der Waals surface area contributed by atoms with E-state index in [2.05, 4.69) is 25.7 Å². The zero-order valence-electron chi connectivity index (χ0n) is 9.42. The molecule has 3 rings (SSSR count). The fourth-order valence-electron chi connectivity index (χ4n) is 3.71. The van der Waals surface area contributed by atoms with Crippen molar-refractivity contribution in [2.45, 2.75) is 30.5 Å². The minimum absolute atomic E-state index is 0.676. The first-order chi connectivity index (χ1) is 7.26. The van der Waals surface area contributed by atoms with Gasteiger partial charge < -0.3 is 9.80 Å².